The van der Waals surface area contributed by atoms with Crippen LogP contribution in [0, 0.1) is 11.6 Å². The number of nitrogens with one attached hydrogen (secondary N) is 1. The monoisotopic (exact) mass is 254 g/mol. The largest absolute Gasteiger partial charge is 0.346 e. The number of thiazole rings is 1. The molecule has 2 rings (SSSR count). The van der Waals surface area contributed by atoms with Crippen LogP contribution in [-0.2, 0) is 6.54 Å². The fourth-order valence-corrected chi connectivity index (χ4v) is 1.83. The lowest BCUT2D eigenvalue weighted by Gasteiger charge is -2.04. The number of rotatable bonds is 3. The minimum atomic E-state index is -1.14. The lowest BCUT2D eigenvalue weighted by molar-refractivity contribution is 0.0945. The molecule has 0 fully saturated rings. The molecule has 0 aliphatic rings. The summed E-state index contributed by atoms with van der Waals surface area (Å²) < 4.78 is 26.2. The lowest BCUT2D eigenvalue weighted by Crippen LogP contribution is -2.24. The molecule has 1 aromatic heterocycles. The molecule has 1 amide bonds. The molecule has 17 heavy (non-hydrogen) atoms. The van der Waals surface area contributed by atoms with Crippen molar-refractivity contribution in [2.75, 3.05) is 0 Å². The topological polar surface area (TPSA) is 42.0 Å². The summed E-state index contributed by atoms with van der Waals surface area (Å²) in [6, 6.07) is 3.48. The van der Waals surface area contributed by atoms with E-state index in [4.69, 9.17) is 0 Å². The highest BCUT2D eigenvalue weighted by Gasteiger charge is 2.14. The predicted octanol–water partition coefficient (Wildman–Crippen LogP) is 2.35. The van der Waals surface area contributed by atoms with Crippen molar-refractivity contribution in [1.29, 1.82) is 0 Å². The molecule has 2 aromatic rings. The molecule has 0 radical (unpaired) electrons. The Morgan fingerprint density at radius 2 is 2.24 bits per heavy atom. The van der Waals surface area contributed by atoms with Gasteiger partial charge in [0.2, 0.25) is 0 Å². The summed E-state index contributed by atoms with van der Waals surface area (Å²) in [5, 5.41) is 4.23. The Labute approximate surface area is 100 Å². The van der Waals surface area contributed by atoms with Gasteiger partial charge in [0.15, 0.2) is 11.6 Å². The number of benzene rings is 1. The van der Waals surface area contributed by atoms with E-state index in [1.807, 2.05) is 0 Å². The molecule has 0 spiro atoms. The van der Waals surface area contributed by atoms with Crippen molar-refractivity contribution in [3.63, 3.8) is 0 Å². The zero-order chi connectivity index (χ0) is 12.3. The number of carbonyl (C=O) groups excluding carboxylic acids is 1. The van der Waals surface area contributed by atoms with Crippen molar-refractivity contribution in [3.8, 4) is 0 Å². The minimum absolute atomic E-state index is 0.193. The van der Waals surface area contributed by atoms with Crippen LogP contribution < -0.4 is 5.32 Å². The highest BCUT2D eigenvalue weighted by Crippen LogP contribution is 2.11. The molecule has 1 N–H and O–H groups in total. The van der Waals surface area contributed by atoms with Gasteiger partial charge in [0.1, 0.15) is 0 Å². The average molecular weight is 254 g/mol. The SMILES string of the molecule is O=C(NCc1cscn1)c1cccc(F)c1F. The molecule has 1 aromatic carbocycles. The standard InChI is InChI=1S/C11H8F2N2OS/c12-9-3-1-2-8(10(9)13)11(16)14-4-7-5-17-6-15-7/h1-3,5-6H,4H2,(H,14,16). The first-order valence-electron chi connectivity index (χ1n) is 4.78. The van der Waals surface area contributed by atoms with E-state index >= 15 is 0 Å². The van der Waals surface area contributed by atoms with Gasteiger partial charge in [-0.05, 0) is 12.1 Å². The fourth-order valence-electron chi connectivity index (χ4n) is 1.27. The van der Waals surface area contributed by atoms with Crippen LogP contribution in [0.4, 0.5) is 8.78 Å². The van der Waals surface area contributed by atoms with E-state index in [-0.39, 0.29) is 12.1 Å². The van der Waals surface area contributed by atoms with Gasteiger partial charge in [-0.15, -0.1) is 11.3 Å². The van der Waals surface area contributed by atoms with Crippen molar-refractivity contribution in [1.82, 2.24) is 10.3 Å². The van der Waals surface area contributed by atoms with Gasteiger partial charge < -0.3 is 5.32 Å². The second-order valence-corrected chi connectivity index (χ2v) is 3.98. The molecule has 0 saturated heterocycles. The summed E-state index contributed by atoms with van der Waals surface area (Å²) in [6.45, 7) is 0.193. The summed E-state index contributed by atoms with van der Waals surface area (Å²) in [5.74, 6) is -2.83. The molecule has 3 nitrogen and oxygen atoms in total. The smallest absolute Gasteiger partial charge is 0.254 e. The van der Waals surface area contributed by atoms with Gasteiger partial charge in [-0.2, -0.15) is 0 Å². The number of hydrogen-bond acceptors (Lipinski definition) is 3. The van der Waals surface area contributed by atoms with Crippen LogP contribution in [0.3, 0.4) is 0 Å². The van der Waals surface area contributed by atoms with Crippen LogP contribution >= 0.6 is 11.3 Å². The number of halogens is 2. The molecule has 0 saturated carbocycles. The first-order valence-corrected chi connectivity index (χ1v) is 5.72. The molecular formula is C11H8F2N2OS. The van der Waals surface area contributed by atoms with E-state index in [9.17, 15) is 13.6 Å². The van der Waals surface area contributed by atoms with E-state index in [1.165, 1.54) is 23.5 Å². The van der Waals surface area contributed by atoms with Crippen molar-refractivity contribution in [2.45, 2.75) is 6.54 Å². The van der Waals surface area contributed by atoms with E-state index in [0.29, 0.717) is 5.69 Å². The Hall–Kier alpha value is -1.82. The Bertz CT molecular complexity index is 528. The summed E-state index contributed by atoms with van der Waals surface area (Å²) in [5.41, 5.74) is 2.00. The molecule has 88 valence electrons. The van der Waals surface area contributed by atoms with Gasteiger partial charge >= 0.3 is 0 Å². The number of amides is 1. The Kier molecular flexibility index (Phi) is 3.43. The Morgan fingerprint density at radius 1 is 1.41 bits per heavy atom. The van der Waals surface area contributed by atoms with Crippen molar-refractivity contribution in [2.24, 2.45) is 0 Å². The second kappa shape index (κ2) is 5.01. The third-order valence-corrected chi connectivity index (χ3v) is 2.75. The molecule has 0 atom stereocenters. The number of aromatic nitrogens is 1. The van der Waals surface area contributed by atoms with Gasteiger partial charge in [0.25, 0.3) is 5.91 Å². The first kappa shape index (κ1) is 11.7. The third-order valence-electron chi connectivity index (χ3n) is 2.11. The van der Waals surface area contributed by atoms with Crippen molar-refractivity contribution >= 4 is 17.2 Å². The predicted molar refractivity (Wildman–Crippen MR) is 59.6 cm³/mol. The van der Waals surface area contributed by atoms with Crippen molar-refractivity contribution < 1.29 is 13.6 Å². The maximum absolute atomic E-state index is 13.3. The third kappa shape index (κ3) is 2.65. The average Bonchev–Trinajstić information content (AvgIpc) is 2.82. The summed E-state index contributed by atoms with van der Waals surface area (Å²) in [4.78, 5) is 15.5. The summed E-state index contributed by atoms with van der Waals surface area (Å²) in [6.07, 6.45) is 0. The minimum Gasteiger partial charge on any atom is -0.346 e. The molecule has 0 unspecified atom stereocenters. The number of carbonyl (C=O) groups is 1. The maximum Gasteiger partial charge on any atom is 0.254 e. The van der Waals surface area contributed by atoms with Gasteiger partial charge in [-0.3, -0.25) is 4.79 Å². The summed E-state index contributed by atoms with van der Waals surface area (Å²) in [7, 11) is 0. The quantitative estimate of drug-likeness (QED) is 0.913. The van der Waals surface area contributed by atoms with E-state index in [1.54, 1.807) is 10.9 Å². The molecule has 0 aliphatic carbocycles. The summed E-state index contributed by atoms with van der Waals surface area (Å²) >= 11 is 1.40. The molecule has 0 aliphatic heterocycles. The number of nitrogens with zero attached hydrogens (tertiary/aromatic N) is 1. The van der Waals surface area contributed by atoms with Gasteiger partial charge in [0, 0.05) is 5.38 Å². The van der Waals surface area contributed by atoms with Crippen LogP contribution in [0.2, 0.25) is 0 Å². The van der Waals surface area contributed by atoms with Crippen LogP contribution in [0.1, 0.15) is 16.1 Å². The molecule has 6 heteroatoms. The Balaban J connectivity index is 2.07. The van der Waals surface area contributed by atoms with Crippen LogP contribution in [-0.4, -0.2) is 10.9 Å². The highest BCUT2D eigenvalue weighted by molar-refractivity contribution is 7.07. The Morgan fingerprint density at radius 3 is 2.94 bits per heavy atom. The normalized spacial score (nSPS) is 10.2. The fraction of sp³-hybridized carbons (Fsp3) is 0.0909. The lowest BCUT2D eigenvalue weighted by atomic mass is 10.2. The highest BCUT2D eigenvalue weighted by atomic mass is 32.1. The first-order chi connectivity index (χ1) is 8.18. The zero-order valence-corrected chi connectivity index (χ0v) is 9.43. The van der Waals surface area contributed by atoms with Crippen LogP contribution in [0.15, 0.2) is 29.1 Å². The van der Waals surface area contributed by atoms with Gasteiger partial charge in [-0.1, -0.05) is 6.07 Å². The zero-order valence-electron chi connectivity index (χ0n) is 8.61. The molecule has 0 bridgehead atoms. The number of hydrogen-bond donors (Lipinski definition) is 1. The molecular weight excluding hydrogens is 246 g/mol. The van der Waals surface area contributed by atoms with E-state index < -0.39 is 17.5 Å². The second-order valence-electron chi connectivity index (χ2n) is 3.26. The molecule has 1 heterocycles. The maximum atomic E-state index is 13.3. The van der Waals surface area contributed by atoms with Gasteiger partial charge in [-0.25, -0.2) is 13.8 Å². The van der Waals surface area contributed by atoms with Crippen LogP contribution in [0.5, 0.6) is 0 Å². The van der Waals surface area contributed by atoms with Crippen molar-refractivity contribution in [3.05, 3.63) is 52.0 Å². The van der Waals surface area contributed by atoms with E-state index in [0.717, 1.165) is 6.07 Å². The van der Waals surface area contributed by atoms with Gasteiger partial charge in [0.05, 0.1) is 23.3 Å². The van der Waals surface area contributed by atoms with E-state index in [2.05, 4.69) is 10.3 Å². The van der Waals surface area contributed by atoms with Crippen LogP contribution in [0.25, 0.3) is 0 Å².